The van der Waals surface area contributed by atoms with Crippen molar-refractivity contribution in [1.82, 2.24) is 20.4 Å². The lowest BCUT2D eigenvalue weighted by atomic mass is 9.71. The average molecular weight is 490 g/mol. The molecule has 0 aliphatic carbocycles. The largest absolute Gasteiger partial charge is 0.505 e. The molecule has 182 valence electrons. The summed E-state index contributed by atoms with van der Waals surface area (Å²) in [6, 6.07) is 19.2. The highest BCUT2D eigenvalue weighted by Crippen LogP contribution is 2.42. The Bertz CT molecular complexity index is 1370. The van der Waals surface area contributed by atoms with E-state index in [-0.39, 0.29) is 11.2 Å². The Morgan fingerprint density at radius 2 is 1.66 bits per heavy atom. The van der Waals surface area contributed by atoms with Gasteiger partial charge in [-0.1, -0.05) is 64.6 Å². The van der Waals surface area contributed by atoms with Crippen LogP contribution in [0.25, 0.3) is 16.7 Å². The van der Waals surface area contributed by atoms with E-state index in [1.165, 1.54) is 4.80 Å². The van der Waals surface area contributed by atoms with Gasteiger partial charge in [-0.15, -0.1) is 15.0 Å². The van der Waals surface area contributed by atoms with Crippen molar-refractivity contribution < 1.29 is 9.90 Å². The molecule has 7 nitrogen and oxygen atoms in total. The third-order valence-corrected chi connectivity index (χ3v) is 6.73. The van der Waals surface area contributed by atoms with Gasteiger partial charge in [0.1, 0.15) is 22.5 Å². The molecular formula is C27H31N5O2S. The first-order valence-electron chi connectivity index (χ1n) is 11.5. The number of aromatic hydroxyl groups is 1. The number of hydrogen-bond acceptors (Lipinski definition) is 6. The standard InChI is InChI=1S/C27H31N5O2S/c1-26(2,3)16-27(4,5)20-13-17(25(34)29-28)14-23(24(20)33)32-30-21-12-11-19(15-22(21)31-32)35-18-9-7-6-8-10-18/h6-15,33H,16,28H2,1-5H3,(H,29,34). The van der Waals surface area contributed by atoms with Gasteiger partial charge in [-0.3, -0.25) is 10.2 Å². The van der Waals surface area contributed by atoms with E-state index < -0.39 is 11.3 Å². The molecule has 0 fully saturated rings. The van der Waals surface area contributed by atoms with E-state index in [9.17, 15) is 9.90 Å². The summed E-state index contributed by atoms with van der Waals surface area (Å²) in [6.45, 7) is 10.6. The molecular weight excluding hydrogens is 458 g/mol. The van der Waals surface area contributed by atoms with Crippen LogP contribution in [0.3, 0.4) is 0 Å². The van der Waals surface area contributed by atoms with Gasteiger partial charge in [0.05, 0.1) is 0 Å². The molecule has 0 aliphatic heterocycles. The van der Waals surface area contributed by atoms with Crippen molar-refractivity contribution in [2.24, 2.45) is 11.3 Å². The summed E-state index contributed by atoms with van der Waals surface area (Å²) in [5, 5.41) is 20.6. The zero-order valence-electron chi connectivity index (χ0n) is 20.7. The first-order valence-corrected chi connectivity index (χ1v) is 12.3. The van der Waals surface area contributed by atoms with Crippen molar-refractivity contribution in [3.8, 4) is 11.4 Å². The maximum atomic E-state index is 12.5. The molecule has 0 spiro atoms. The van der Waals surface area contributed by atoms with E-state index in [2.05, 4.69) is 62.4 Å². The fourth-order valence-corrected chi connectivity index (χ4v) is 5.49. The molecule has 4 N–H and O–H groups in total. The highest BCUT2D eigenvalue weighted by molar-refractivity contribution is 7.99. The number of nitrogens with one attached hydrogen (secondary N) is 1. The molecule has 35 heavy (non-hydrogen) atoms. The number of hydrazine groups is 1. The number of phenolic OH excluding ortho intramolecular Hbond substituents is 1. The number of amides is 1. The van der Waals surface area contributed by atoms with Gasteiger partial charge in [-0.2, -0.15) is 0 Å². The number of rotatable bonds is 6. The van der Waals surface area contributed by atoms with Crippen LogP contribution in [0.15, 0.2) is 70.5 Å². The molecule has 4 aromatic rings. The van der Waals surface area contributed by atoms with Crippen LogP contribution in [0, 0.1) is 5.41 Å². The number of hydrogen-bond donors (Lipinski definition) is 3. The van der Waals surface area contributed by atoms with Gasteiger partial charge in [0.2, 0.25) is 0 Å². The third kappa shape index (κ3) is 5.49. The Hall–Kier alpha value is -3.36. The average Bonchev–Trinajstić information content (AvgIpc) is 3.21. The van der Waals surface area contributed by atoms with E-state index in [4.69, 9.17) is 5.84 Å². The van der Waals surface area contributed by atoms with Gasteiger partial charge in [-0.05, 0) is 59.7 Å². The number of nitrogens with two attached hydrogens (primary N) is 1. The van der Waals surface area contributed by atoms with E-state index >= 15 is 0 Å². The number of phenols is 1. The summed E-state index contributed by atoms with van der Waals surface area (Å²) in [7, 11) is 0. The summed E-state index contributed by atoms with van der Waals surface area (Å²) in [6.07, 6.45) is 0.787. The van der Waals surface area contributed by atoms with Crippen molar-refractivity contribution >= 4 is 28.7 Å². The van der Waals surface area contributed by atoms with Gasteiger partial charge in [-0.25, -0.2) is 5.84 Å². The second-order valence-corrected chi connectivity index (χ2v) is 11.7. The van der Waals surface area contributed by atoms with Crippen molar-refractivity contribution in [1.29, 1.82) is 0 Å². The van der Waals surface area contributed by atoms with Crippen LogP contribution in [0.4, 0.5) is 0 Å². The molecule has 0 radical (unpaired) electrons. The number of fused-ring (bicyclic) bond motifs is 1. The van der Waals surface area contributed by atoms with Gasteiger partial charge < -0.3 is 5.11 Å². The fraction of sp³-hybridized carbons (Fsp3) is 0.296. The summed E-state index contributed by atoms with van der Waals surface area (Å²) >= 11 is 1.64. The Labute approximate surface area is 209 Å². The first kappa shape index (κ1) is 24.8. The molecule has 1 amide bonds. The van der Waals surface area contributed by atoms with Crippen molar-refractivity contribution in [2.75, 3.05) is 0 Å². The van der Waals surface area contributed by atoms with Crippen LogP contribution in [-0.4, -0.2) is 26.0 Å². The van der Waals surface area contributed by atoms with Crippen molar-refractivity contribution in [3.05, 3.63) is 71.8 Å². The van der Waals surface area contributed by atoms with E-state index in [0.717, 1.165) is 16.2 Å². The summed E-state index contributed by atoms with van der Waals surface area (Å²) in [4.78, 5) is 16.0. The molecule has 4 rings (SSSR count). The highest BCUT2D eigenvalue weighted by atomic mass is 32.2. The second-order valence-electron chi connectivity index (χ2n) is 10.5. The molecule has 1 heterocycles. The van der Waals surface area contributed by atoms with Crippen LogP contribution in [-0.2, 0) is 5.41 Å². The van der Waals surface area contributed by atoms with Gasteiger partial charge in [0.25, 0.3) is 5.91 Å². The van der Waals surface area contributed by atoms with Crippen LogP contribution in [0.5, 0.6) is 5.75 Å². The molecule has 0 bridgehead atoms. The summed E-state index contributed by atoms with van der Waals surface area (Å²) in [5.74, 6) is 5.03. The first-order chi connectivity index (χ1) is 16.5. The lowest BCUT2D eigenvalue weighted by Crippen LogP contribution is -2.31. The predicted octanol–water partition coefficient (Wildman–Crippen LogP) is 5.59. The maximum absolute atomic E-state index is 12.5. The molecule has 0 aliphatic rings. The molecule has 1 aromatic heterocycles. The summed E-state index contributed by atoms with van der Waals surface area (Å²) in [5.41, 5.74) is 4.46. The predicted molar refractivity (Wildman–Crippen MR) is 140 cm³/mol. The monoisotopic (exact) mass is 489 g/mol. The zero-order chi connectivity index (χ0) is 25.4. The molecule has 8 heteroatoms. The third-order valence-electron chi connectivity index (χ3n) is 5.73. The molecule has 3 aromatic carbocycles. The smallest absolute Gasteiger partial charge is 0.265 e. The molecule has 0 saturated heterocycles. The SMILES string of the molecule is CC(C)(C)CC(C)(C)c1cc(C(=O)NN)cc(-n2nc3ccc(Sc4ccccc4)cc3n2)c1O. The Balaban J connectivity index is 1.80. The Morgan fingerprint density at radius 3 is 2.31 bits per heavy atom. The Kier molecular flexibility index (Phi) is 6.62. The van der Waals surface area contributed by atoms with Crippen LogP contribution >= 0.6 is 11.8 Å². The number of benzene rings is 3. The van der Waals surface area contributed by atoms with Crippen LogP contribution in [0.2, 0.25) is 0 Å². The number of aromatic nitrogens is 3. The number of carbonyl (C=O) groups excluding carboxylic acids is 1. The highest BCUT2D eigenvalue weighted by Gasteiger charge is 2.32. The number of carbonyl (C=O) groups is 1. The minimum absolute atomic E-state index is 0.00762. The minimum atomic E-state index is -0.447. The van der Waals surface area contributed by atoms with Gasteiger partial charge >= 0.3 is 0 Å². The lowest BCUT2D eigenvalue weighted by Gasteiger charge is -2.34. The minimum Gasteiger partial charge on any atom is -0.505 e. The van der Waals surface area contributed by atoms with Crippen LogP contribution in [0.1, 0.15) is 57.0 Å². The van der Waals surface area contributed by atoms with E-state index in [1.807, 2.05) is 36.4 Å². The molecule has 0 atom stereocenters. The number of nitrogens with zero attached hydrogens (tertiary/aromatic N) is 3. The molecule has 0 unspecified atom stereocenters. The van der Waals surface area contributed by atoms with Crippen molar-refractivity contribution in [3.63, 3.8) is 0 Å². The Morgan fingerprint density at radius 1 is 0.971 bits per heavy atom. The fourth-order valence-electron chi connectivity index (χ4n) is 4.61. The maximum Gasteiger partial charge on any atom is 0.265 e. The van der Waals surface area contributed by atoms with Gasteiger partial charge in [0.15, 0.2) is 0 Å². The second kappa shape index (κ2) is 9.36. The summed E-state index contributed by atoms with van der Waals surface area (Å²) < 4.78 is 0. The molecule has 0 saturated carbocycles. The van der Waals surface area contributed by atoms with E-state index in [1.54, 1.807) is 23.9 Å². The zero-order valence-corrected chi connectivity index (χ0v) is 21.5. The normalized spacial score (nSPS) is 12.2. The van der Waals surface area contributed by atoms with E-state index in [0.29, 0.717) is 27.8 Å². The van der Waals surface area contributed by atoms with Gasteiger partial charge in [0, 0.05) is 20.9 Å². The van der Waals surface area contributed by atoms with Crippen molar-refractivity contribution in [2.45, 2.75) is 56.2 Å². The number of nitrogen functional groups attached to an aromatic ring is 1. The van der Waals surface area contributed by atoms with Crippen LogP contribution < -0.4 is 11.3 Å². The topological polar surface area (TPSA) is 106 Å². The quantitative estimate of drug-likeness (QED) is 0.185. The lowest BCUT2D eigenvalue weighted by molar-refractivity contribution is 0.0953.